The van der Waals surface area contributed by atoms with Crippen LogP contribution in [0, 0.1) is 0 Å². The zero-order valence-corrected chi connectivity index (χ0v) is 22.0. The van der Waals surface area contributed by atoms with Gasteiger partial charge in [-0.1, -0.05) is 18.5 Å². The van der Waals surface area contributed by atoms with E-state index in [1.165, 1.54) is 4.31 Å². The van der Waals surface area contributed by atoms with Crippen molar-refractivity contribution >= 4 is 27.4 Å². The number of ketones is 1. The van der Waals surface area contributed by atoms with Gasteiger partial charge in [-0.15, -0.1) is 0 Å². The summed E-state index contributed by atoms with van der Waals surface area (Å²) < 4.78 is 93.5. The Morgan fingerprint density at radius 2 is 1.78 bits per heavy atom. The third-order valence-electron chi connectivity index (χ3n) is 7.38. The lowest BCUT2D eigenvalue weighted by molar-refractivity contribution is -0.137. The molecule has 0 radical (unpaired) electrons. The summed E-state index contributed by atoms with van der Waals surface area (Å²) >= 11 is 5.99. The highest BCUT2D eigenvalue weighted by Gasteiger charge is 2.49. The predicted molar refractivity (Wildman–Crippen MR) is 128 cm³/mol. The maximum Gasteiger partial charge on any atom is 0.416 e. The van der Waals surface area contributed by atoms with Gasteiger partial charge in [-0.05, 0) is 50.8 Å². The van der Waals surface area contributed by atoms with Crippen LogP contribution in [0.15, 0.2) is 18.2 Å². The SMILES string of the molecule is CCCS(=O)(=O)N1CCN(C2(CCC(=O)c3ccc(C(F)(F)F)cc3Cl)CCC(F)(F)CC2)C(C)C1. The number of nitrogens with zero attached hydrogens (tertiary/aromatic N) is 2. The highest BCUT2D eigenvalue weighted by molar-refractivity contribution is 7.89. The van der Waals surface area contributed by atoms with Gasteiger partial charge in [-0.2, -0.15) is 17.5 Å². The summed E-state index contributed by atoms with van der Waals surface area (Å²) in [5.74, 6) is -3.22. The Morgan fingerprint density at radius 1 is 1.14 bits per heavy atom. The van der Waals surface area contributed by atoms with Crippen molar-refractivity contribution in [2.75, 3.05) is 25.4 Å². The molecule has 0 N–H and O–H groups in total. The van der Waals surface area contributed by atoms with Gasteiger partial charge in [0.15, 0.2) is 5.78 Å². The van der Waals surface area contributed by atoms with E-state index >= 15 is 0 Å². The number of carbonyl (C=O) groups excluding carboxylic acids is 1. The van der Waals surface area contributed by atoms with Gasteiger partial charge in [-0.3, -0.25) is 9.69 Å². The Bertz CT molecular complexity index is 1050. The second-order valence-electron chi connectivity index (χ2n) is 9.91. The largest absolute Gasteiger partial charge is 0.416 e. The van der Waals surface area contributed by atoms with Crippen molar-refractivity contribution in [3.8, 4) is 0 Å². The zero-order chi connectivity index (χ0) is 26.9. The molecule has 0 aromatic heterocycles. The highest BCUT2D eigenvalue weighted by atomic mass is 35.5. The smallest absolute Gasteiger partial charge is 0.294 e. The number of benzene rings is 1. The first-order valence-electron chi connectivity index (χ1n) is 12.1. The quantitative estimate of drug-likeness (QED) is 0.289. The Labute approximate surface area is 214 Å². The maximum absolute atomic E-state index is 14.1. The van der Waals surface area contributed by atoms with Gasteiger partial charge in [-0.25, -0.2) is 17.2 Å². The minimum atomic E-state index is -4.59. The number of rotatable bonds is 8. The molecule has 0 bridgehead atoms. The monoisotopic (exact) mass is 558 g/mol. The van der Waals surface area contributed by atoms with Crippen molar-refractivity contribution in [1.82, 2.24) is 9.21 Å². The van der Waals surface area contributed by atoms with Gasteiger partial charge in [0, 0.05) is 56.0 Å². The summed E-state index contributed by atoms with van der Waals surface area (Å²) in [4.78, 5) is 15.0. The molecule has 2 aliphatic rings. The number of Topliss-reactive ketones (excluding diaryl/α,β-unsaturated/α-hetero) is 1. The Hall–Kier alpha value is -1.30. The molecule has 2 fully saturated rings. The van der Waals surface area contributed by atoms with E-state index in [4.69, 9.17) is 11.6 Å². The van der Waals surface area contributed by atoms with Crippen LogP contribution in [0.1, 0.15) is 74.7 Å². The van der Waals surface area contributed by atoms with Gasteiger partial charge in [0.05, 0.1) is 16.3 Å². The fourth-order valence-electron chi connectivity index (χ4n) is 5.43. The normalized spacial score (nSPS) is 23.5. The predicted octanol–water partition coefficient (Wildman–Crippen LogP) is 6.02. The van der Waals surface area contributed by atoms with E-state index in [2.05, 4.69) is 4.90 Å². The van der Waals surface area contributed by atoms with Crippen molar-refractivity contribution in [1.29, 1.82) is 0 Å². The molecule has 1 unspecified atom stereocenters. The molecule has 204 valence electrons. The molecule has 12 heteroatoms. The minimum absolute atomic E-state index is 0.0375. The van der Waals surface area contributed by atoms with E-state index < -0.39 is 39.0 Å². The highest BCUT2D eigenvalue weighted by Crippen LogP contribution is 2.45. The minimum Gasteiger partial charge on any atom is -0.294 e. The summed E-state index contributed by atoms with van der Waals surface area (Å²) in [6.07, 6.45) is -4.36. The van der Waals surface area contributed by atoms with E-state index in [1.54, 1.807) is 6.92 Å². The molecule has 0 spiro atoms. The van der Waals surface area contributed by atoms with E-state index in [0.29, 0.717) is 19.0 Å². The van der Waals surface area contributed by atoms with Crippen molar-refractivity contribution < 1.29 is 35.2 Å². The van der Waals surface area contributed by atoms with E-state index in [1.807, 2.05) is 6.92 Å². The molecule has 3 rings (SSSR count). The summed E-state index contributed by atoms with van der Waals surface area (Å²) in [6, 6.07) is 2.31. The number of piperazine rings is 1. The van der Waals surface area contributed by atoms with Crippen LogP contribution < -0.4 is 0 Å². The third kappa shape index (κ3) is 6.57. The van der Waals surface area contributed by atoms with Crippen LogP contribution in [0.2, 0.25) is 5.02 Å². The molecule has 1 aliphatic carbocycles. The molecule has 1 atom stereocenters. The Kier molecular flexibility index (Phi) is 8.80. The number of hydrogen-bond donors (Lipinski definition) is 0. The lowest BCUT2D eigenvalue weighted by Gasteiger charge is -2.53. The van der Waals surface area contributed by atoms with Crippen LogP contribution in [-0.4, -0.2) is 66.3 Å². The molecule has 5 nitrogen and oxygen atoms in total. The van der Waals surface area contributed by atoms with Gasteiger partial charge < -0.3 is 0 Å². The summed E-state index contributed by atoms with van der Waals surface area (Å²) in [5.41, 5.74) is -1.74. The van der Waals surface area contributed by atoms with Gasteiger partial charge in [0.2, 0.25) is 15.9 Å². The number of hydrogen-bond acceptors (Lipinski definition) is 4. The molecule has 36 heavy (non-hydrogen) atoms. The molecule has 1 aromatic rings. The van der Waals surface area contributed by atoms with Gasteiger partial charge in [0.25, 0.3) is 0 Å². The first-order chi connectivity index (χ1) is 16.6. The zero-order valence-electron chi connectivity index (χ0n) is 20.4. The van der Waals surface area contributed by atoms with E-state index in [9.17, 15) is 35.2 Å². The molecule has 1 saturated heterocycles. The van der Waals surface area contributed by atoms with Crippen LogP contribution in [-0.2, 0) is 16.2 Å². The summed E-state index contributed by atoms with van der Waals surface area (Å²) in [7, 11) is -3.40. The lowest BCUT2D eigenvalue weighted by atomic mass is 9.74. The van der Waals surface area contributed by atoms with Crippen LogP contribution in [0.3, 0.4) is 0 Å². The van der Waals surface area contributed by atoms with Crippen molar-refractivity contribution in [3.05, 3.63) is 34.3 Å². The van der Waals surface area contributed by atoms with Crippen molar-refractivity contribution in [2.45, 2.75) is 82.5 Å². The molecule has 1 aliphatic heterocycles. The van der Waals surface area contributed by atoms with Gasteiger partial charge >= 0.3 is 6.18 Å². The number of halogens is 6. The average molecular weight is 559 g/mol. The second-order valence-corrected chi connectivity index (χ2v) is 12.4. The fraction of sp³-hybridized carbons (Fsp3) is 0.708. The molecular formula is C24H32ClF5N2O3S. The Balaban J connectivity index is 1.78. The fourth-order valence-corrected chi connectivity index (χ4v) is 7.29. The number of sulfonamides is 1. The average Bonchev–Trinajstić information content (AvgIpc) is 2.78. The molecule has 1 aromatic carbocycles. The Morgan fingerprint density at radius 3 is 2.31 bits per heavy atom. The van der Waals surface area contributed by atoms with Crippen LogP contribution >= 0.6 is 11.6 Å². The van der Waals surface area contributed by atoms with E-state index in [-0.39, 0.29) is 74.0 Å². The van der Waals surface area contributed by atoms with Crippen LogP contribution in [0.5, 0.6) is 0 Å². The maximum atomic E-state index is 14.1. The second kappa shape index (κ2) is 10.8. The first kappa shape index (κ1) is 29.3. The summed E-state index contributed by atoms with van der Waals surface area (Å²) in [5, 5.41) is -0.304. The lowest BCUT2D eigenvalue weighted by Crippen LogP contribution is -2.63. The summed E-state index contributed by atoms with van der Waals surface area (Å²) in [6.45, 7) is 4.47. The molecular weight excluding hydrogens is 527 g/mol. The van der Waals surface area contributed by atoms with Crippen LogP contribution in [0.4, 0.5) is 22.0 Å². The number of alkyl halides is 5. The van der Waals surface area contributed by atoms with Crippen LogP contribution in [0.25, 0.3) is 0 Å². The first-order valence-corrected chi connectivity index (χ1v) is 14.1. The molecule has 0 amide bonds. The van der Waals surface area contributed by atoms with E-state index in [0.717, 1.165) is 12.1 Å². The van der Waals surface area contributed by atoms with Gasteiger partial charge in [0.1, 0.15) is 0 Å². The molecule has 1 saturated carbocycles. The molecule has 1 heterocycles. The topological polar surface area (TPSA) is 57.7 Å². The number of carbonyl (C=O) groups is 1. The standard InChI is InChI=1S/C24H32ClF5N2O3S/c1-3-14-36(34,35)31-12-13-32(17(2)16-31)22(8-10-23(26,27)11-9-22)7-6-21(33)19-5-4-18(15-20(19)25)24(28,29)30/h4-5,15,17H,3,6-14,16H2,1-2H3. The third-order valence-corrected chi connectivity index (χ3v) is 9.74. The van der Waals surface area contributed by atoms with Crippen molar-refractivity contribution in [3.63, 3.8) is 0 Å². The van der Waals surface area contributed by atoms with Crippen molar-refractivity contribution in [2.24, 2.45) is 0 Å².